The van der Waals surface area contributed by atoms with Crippen molar-refractivity contribution in [3.8, 4) is 0 Å². The molecule has 0 fully saturated rings. The summed E-state index contributed by atoms with van der Waals surface area (Å²) in [7, 11) is 0. The molecule has 1 aromatic heterocycles. The number of hydrogen-bond acceptors (Lipinski definition) is 4. The van der Waals surface area contributed by atoms with Gasteiger partial charge in [0.2, 0.25) is 0 Å². The van der Waals surface area contributed by atoms with Crippen molar-refractivity contribution in [1.82, 2.24) is 4.98 Å². The highest BCUT2D eigenvalue weighted by molar-refractivity contribution is 6.08. The summed E-state index contributed by atoms with van der Waals surface area (Å²) >= 11 is 0. The molecule has 0 unspecified atom stereocenters. The minimum absolute atomic E-state index is 0.0388. The molecule has 0 atom stereocenters. The molecule has 0 spiro atoms. The van der Waals surface area contributed by atoms with E-state index in [2.05, 4.69) is 18.8 Å². The first-order valence-corrected chi connectivity index (χ1v) is 9.02. The van der Waals surface area contributed by atoms with Crippen LogP contribution in [0.5, 0.6) is 0 Å². The van der Waals surface area contributed by atoms with Crippen LogP contribution in [-0.4, -0.2) is 15.8 Å². The topological polar surface area (TPSA) is 76.3 Å². The van der Waals surface area contributed by atoms with E-state index in [1.165, 1.54) is 22.6 Å². The highest BCUT2D eigenvalue weighted by Crippen LogP contribution is 2.24. The summed E-state index contributed by atoms with van der Waals surface area (Å²) in [5, 5.41) is 11.4. The van der Waals surface area contributed by atoms with Crippen molar-refractivity contribution >= 4 is 17.4 Å². The van der Waals surface area contributed by atoms with Crippen LogP contribution in [-0.2, 0) is 6.54 Å². The smallest absolute Gasteiger partial charge is 0.282 e. The van der Waals surface area contributed by atoms with Crippen molar-refractivity contribution in [3.63, 3.8) is 0 Å². The monoisotopic (exact) mass is 375 g/mol. The van der Waals surface area contributed by atoms with Gasteiger partial charge in [-0.2, -0.15) is 0 Å². The number of nitro benzene ring substituents is 1. The van der Waals surface area contributed by atoms with Gasteiger partial charge in [0.1, 0.15) is 11.4 Å². The fraction of sp³-hybridized carbons (Fsp3) is 0.182. The summed E-state index contributed by atoms with van der Waals surface area (Å²) in [6.07, 6.45) is 1.59. The lowest BCUT2D eigenvalue weighted by atomic mass is 10.0. The van der Waals surface area contributed by atoms with Crippen molar-refractivity contribution in [3.05, 3.63) is 99.7 Å². The number of anilines is 1. The minimum Gasteiger partial charge on any atom is -0.288 e. The molecule has 0 saturated carbocycles. The van der Waals surface area contributed by atoms with Crippen molar-refractivity contribution in [2.75, 3.05) is 4.90 Å². The third kappa shape index (κ3) is 4.23. The van der Waals surface area contributed by atoms with Crippen molar-refractivity contribution in [1.29, 1.82) is 0 Å². The van der Waals surface area contributed by atoms with E-state index in [0.29, 0.717) is 11.7 Å². The number of para-hydroxylation sites is 1. The maximum Gasteiger partial charge on any atom is 0.282 e. The van der Waals surface area contributed by atoms with E-state index in [1.807, 2.05) is 24.3 Å². The maximum atomic E-state index is 13.2. The summed E-state index contributed by atoms with van der Waals surface area (Å²) in [4.78, 5) is 29.8. The number of rotatable bonds is 6. The Hall–Kier alpha value is -3.54. The van der Waals surface area contributed by atoms with E-state index >= 15 is 0 Å². The van der Waals surface area contributed by atoms with Crippen LogP contribution < -0.4 is 4.90 Å². The molecule has 1 heterocycles. The third-order valence-corrected chi connectivity index (χ3v) is 4.49. The summed E-state index contributed by atoms with van der Waals surface area (Å²) in [6, 6.07) is 19.2. The quantitative estimate of drug-likeness (QED) is 0.451. The van der Waals surface area contributed by atoms with Gasteiger partial charge in [0, 0.05) is 12.3 Å². The summed E-state index contributed by atoms with van der Waals surface area (Å²) in [5.41, 5.74) is 1.95. The van der Waals surface area contributed by atoms with Gasteiger partial charge in [0.25, 0.3) is 11.6 Å². The fourth-order valence-corrected chi connectivity index (χ4v) is 2.92. The number of aromatic nitrogens is 1. The minimum atomic E-state index is -0.540. The second kappa shape index (κ2) is 8.43. The molecule has 0 radical (unpaired) electrons. The van der Waals surface area contributed by atoms with E-state index in [-0.39, 0.29) is 17.8 Å². The molecule has 0 aliphatic carbocycles. The zero-order chi connectivity index (χ0) is 20.1. The highest BCUT2D eigenvalue weighted by Gasteiger charge is 2.26. The Morgan fingerprint density at radius 2 is 1.71 bits per heavy atom. The van der Waals surface area contributed by atoms with Gasteiger partial charge in [-0.05, 0) is 35.2 Å². The Morgan fingerprint density at radius 1 is 1.04 bits per heavy atom. The van der Waals surface area contributed by atoms with Crippen LogP contribution in [0.3, 0.4) is 0 Å². The number of carbonyl (C=O) groups is 1. The van der Waals surface area contributed by atoms with Crippen LogP contribution in [0.25, 0.3) is 0 Å². The number of carbonyl (C=O) groups excluding carboxylic acids is 1. The Bertz CT molecular complexity index is 970. The Morgan fingerprint density at radius 3 is 2.32 bits per heavy atom. The molecule has 28 heavy (non-hydrogen) atoms. The fourth-order valence-electron chi connectivity index (χ4n) is 2.92. The summed E-state index contributed by atoms with van der Waals surface area (Å²) in [5.74, 6) is 0.395. The van der Waals surface area contributed by atoms with Gasteiger partial charge in [0.15, 0.2) is 0 Å². The van der Waals surface area contributed by atoms with Gasteiger partial charge in [-0.3, -0.25) is 19.8 Å². The van der Waals surface area contributed by atoms with E-state index in [4.69, 9.17) is 0 Å². The van der Waals surface area contributed by atoms with E-state index < -0.39 is 10.8 Å². The van der Waals surface area contributed by atoms with Gasteiger partial charge < -0.3 is 0 Å². The zero-order valence-corrected chi connectivity index (χ0v) is 15.8. The van der Waals surface area contributed by atoms with Crippen LogP contribution in [0.4, 0.5) is 11.5 Å². The Labute approximate surface area is 163 Å². The van der Waals surface area contributed by atoms with Gasteiger partial charge in [0.05, 0.1) is 11.5 Å². The molecule has 0 aliphatic rings. The molecule has 2 aromatic carbocycles. The molecule has 0 N–H and O–H groups in total. The number of nitrogens with zero attached hydrogens (tertiary/aromatic N) is 3. The lowest BCUT2D eigenvalue weighted by molar-refractivity contribution is -0.385. The third-order valence-electron chi connectivity index (χ3n) is 4.49. The van der Waals surface area contributed by atoms with Crippen LogP contribution in [0.1, 0.15) is 41.3 Å². The van der Waals surface area contributed by atoms with Gasteiger partial charge in [-0.1, -0.05) is 56.3 Å². The molecule has 6 nitrogen and oxygen atoms in total. The van der Waals surface area contributed by atoms with Crippen LogP contribution in [0.15, 0.2) is 72.9 Å². The molecule has 0 aliphatic heterocycles. The first-order chi connectivity index (χ1) is 13.5. The van der Waals surface area contributed by atoms with Crippen molar-refractivity contribution in [2.45, 2.75) is 26.3 Å². The molecule has 0 bridgehead atoms. The SMILES string of the molecule is CC(C)c1ccc(CN(C(=O)c2ccccc2[N+](=O)[O-])c2ccccn2)cc1. The molecular formula is C22H21N3O3. The Balaban J connectivity index is 1.98. The van der Waals surface area contributed by atoms with Gasteiger partial charge in [-0.15, -0.1) is 0 Å². The Kier molecular flexibility index (Phi) is 5.79. The molecule has 3 rings (SSSR count). The van der Waals surface area contributed by atoms with Gasteiger partial charge >= 0.3 is 0 Å². The number of benzene rings is 2. The average molecular weight is 375 g/mol. The predicted molar refractivity (Wildman–Crippen MR) is 108 cm³/mol. The lowest BCUT2D eigenvalue weighted by Gasteiger charge is -2.22. The van der Waals surface area contributed by atoms with Crippen LogP contribution in [0.2, 0.25) is 0 Å². The van der Waals surface area contributed by atoms with Gasteiger partial charge in [-0.25, -0.2) is 4.98 Å². The zero-order valence-electron chi connectivity index (χ0n) is 15.8. The molecule has 142 valence electrons. The van der Waals surface area contributed by atoms with Crippen molar-refractivity contribution < 1.29 is 9.72 Å². The summed E-state index contributed by atoms with van der Waals surface area (Å²) in [6.45, 7) is 4.50. The summed E-state index contributed by atoms with van der Waals surface area (Å²) < 4.78 is 0. The molecule has 1 amide bonds. The lowest BCUT2D eigenvalue weighted by Crippen LogP contribution is -2.31. The van der Waals surface area contributed by atoms with E-state index in [0.717, 1.165) is 5.56 Å². The molecule has 0 saturated heterocycles. The van der Waals surface area contributed by atoms with Crippen LogP contribution in [0, 0.1) is 10.1 Å². The average Bonchev–Trinajstić information content (AvgIpc) is 2.72. The van der Waals surface area contributed by atoms with Crippen LogP contribution >= 0.6 is 0 Å². The molecule has 6 heteroatoms. The molecule has 3 aromatic rings. The largest absolute Gasteiger partial charge is 0.288 e. The first kappa shape index (κ1) is 19.2. The molecular weight excluding hydrogens is 354 g/mol. The number of hydrogen-bond donors (Lipinski definition) is 0. The highest BCUT2D eigenvalue weighted by atomic mass is 16.6. The second-order valence-corrected chi connectivity index (χ2v) is 6.75. The predicted octanol–water partition coefficient (Wildman–Crippen LogP) is 4.96. The number of amides is 1. The first-order valence-electron chi connectivity index (χ1n) is 9.02. The standard InChI is InChI=1S/C22H21N3O3/c1-16(2)18-12-10-17(11-13-18)15-24(21-9-5-6-14-23-21)22(26)19-7-3-4-8-20(19)25(27)28/h3-14,16H,15H2,1-2H3. The normalized spacial score (nSPS) is 10.7. The number of pyridine rings is 1. The van der Waals surface area contributed by atoms with E-state index in [1.54, 1.807) is 36.5 Å². The maximum absolute atomic E-state index is 13.2. The van der Waals surface area contributed by atoms with Crippen molar-refractivity contribution in [2.24, 2.45) is 0 Å². The number of nitro groups is 1. The van der Waals surface area contributed by atoms with E-state index in [9.17, 15) is 14.9 Å². The second-order valence-electron chi connectivity index (χ2n) is 6.75.